The molecule has 1 aromatic carbocycles. The maximum Gasteiger partial charge on any atom is 0.132 e. The Bertz CT molecular complexity index is 557. The SMILES string of the molecule is N#CCc1ncc(-c2cc(Br)ccc2F)[nH]1. The summed E-state index contributed by atoms with van der Waals surface area (Å²) in [7, 11) is 0. The highest BCUT2D eigenvalue weighted by molar-refractivity contribution is 9.10. The number of rotatable bonds is 2. The van der Waals surface area contributed by atoms with Crippen LogP contribution in [0.4, 0.5) is 4.39 Å². The van der Waals surface area contributed by atoms with Crippen LogP contribution in [0.3, 0.4) is 0 Å². The lowest BCUT2D eigenvalue weighted by Crippen LogP contribution is -1.86. The topological polar surface area (TPSA) is 52.5 Å². The van der Waals surface area contributed by atoms with Crippen molar-refractivity contribution in [1.29, 1.82) is 5.26 Å². The monoisotopic (exact) mass is 279 g/mol. The van der Waals surface area contributed by atoms with Crippen molar-refractivity contribution in [1.82, 2.24) is 9.97 Å². The van der Waals surface area contributed by atoms with E-state index in [2.05, 4.69) is 25.9 Å². The zero-order valence-electron chi connectivity index (χ0n) is 8.17. The standard InChI is InChI=1S/C11H7BrFN3/c12-7-1-2-9(13)8(5-7)10-6-15-11(16-10)3-4-14/h1-2,5-6H,3H2,(H,15,16). The number of nitriles is 1. The average molecular weight is 280 g/mol. The number of aromatic nitrogens is 2. The van der Waals surface area contributed by atoms with E-state index >= 15 is 0 Å². The van der Waals surface area contributed by atoms with Gasteiger partial charge in [-0.3, -0.25) is 0 Å². The molecule has 0 amide bonds. The quantitative estimate of drug-likeness (QED) is 0.919. The van der Waals surface area contributed by atoms with Crippen molar-refractivity contribution in [3.8, 4) is 17.3 Å². The largest absolute Gasteiger partial charge is 0.341 e. The number of halogens is 2. The Hall–Kier alpha value is -1.67. The van der Waals surface area contributed by atoms with Gasteiger partial charge in [0.1, 0.15) is 11.6 Å². The Morgan fingerprint density at radius 3 is 3.06 bits per heavy atom. The molecule has 0 radical (unpaired) electrons. The Kier molecular flexibility index (Phi) is 3.02. The van der Waals surface area contributed by atoms with E-state index in [0.717, 1.165) is 4.47 Å². The van der Waals surface area contributed by atoms with E-state index in [1.54, 1.807) is 12.1 Å². The first kappa shape index (κ1) is 10.8. The van der Waals surface area contributed by atoms with Crippen LogP contribution in [0.5, 0.6) is 0 Å². The lowest BCUT2D eigenvalue weighted by atomic mass is 10.1. The first-order valence-electron chi connectivity index (χ1n) is 4.57. The van der Waals surface area contributed by atoms with Gasteiger partial charge in [-0.1, -0.05) is 15.9 Å². The lowest BCUT2D eigenvalue weighted by molar-refractivity contribution is 0.630. The van der Waals surface area contributed by atoms with Gasteiger partial charge in [-0.25, -0.2) is 9.37 Å². The molecular weight excluding hydrogens is 273 g/mol. The van der Waals surface area contributed by atoms with E-state index < -0.39 is 0 Å². The third-order valence-electron chi connectivity index (χ3n) is 2.09. The van der Waals surface area contributed by atoms with Gasteiger partial charge in [0.15, 0.2) is 0 Å². The fourth-order valence-corrected chi connectivity index (χ4v) is 1.73. The number of nitrogens with zero attached hydrogens (tertiary/aromatic N) is 2. The molecule has 80 valence electrons. The summed E-state index contributed by atoms with van der Waals surface area (Å²) in [4.78, 5) is 6.90. The maximum atomic E-state index is 13.5. The summed E-state index contributed by atoms with van der Waals surface area (Å²) in [6, 6.07) is 6.65. The van der Waals surface area contributed by atoms with Crippen molar-refractivity contribution in [3.05, 3.63) is 40.5 Å². The Morgan fingerprint density at radius 1 is 1.50 bits per heavy atom. The summed E-state index contributed by atoms with van der Waals surface area (Å²) in [6.45, 7) is 0. The van der Waals surface area contributed by atoms with Gasteiger partial charge in [-0.05, 0) is 18.2 Å². The highest BCUT2D eigenvalue weighted by Gasteiger charge is 2.08. The van der Waals surface area contributed by atoms with Crippen molar-refractivity contribution in [3.63, 3.8) is 0 Å². The number of H-pyrrole nitrogens is 1. The lowest BCUT2D eigenvalue weighted by Gasteiger charge is -2.00. The molecule has 0 spiro atoms. The zero-order chi connectivity index (χ0) is 11.5. The van der Waals surface area contributed by atoms with Gasteiger partial charge >= 0.3 is 0 Å². The number of hydrogen-bond donors (Lipinski definition) is 1. The Morgan fingerprint density at radius 2 is 2.31 bits per heavy atom. The molecule has 0 aliphatic heterocycles. The van der Waals surface area contributed by atoms with E-state index in [9.17, 15) is 4.39 Å². The van der Waals surface area contributed by atoms with Gasteiger partial charge in [0.05, 0.1) is 24.4 Å². The van der Waals surface area contributed by atoms with E-state index in [-0.39, 0.29) is 12.2 Å². The van der Waals surface area contributed by atoms with Crippen molar-refractivity contribution in [2.45, 2.75) is 6.42 Å². The molecule has 3 nitrogen and oxygen atoms in total. The molecule has 0 saturated heterocycles. The van der Waals surface area contributed by atoms with Crippen LogP contribution in [0.25, 0.3) is 11.3 Å². The van der Waals surface area contributed by atoms with Crippen LogP contribution in [0, 0.1) is 17.1 Å². The predicted octanol–water partition coefficient (Wildman–Crippen LogP) is 3.04. The summed E-state index contributed by atoms with van der Waals surface area (Å²) in [6.07, 6.45) is 1.72. The normalized spacial score (nSPS) is 10.1. The van der Waals surface area contributed by atoms with E-state index in [4.69, 9.17) is 5.26 Å². The molecule has 2 rings (SSSR count). The minimum absolute atomic E-state index is 0.190. The number of aromatic amines is 1. The summed E-state index contributed by atoms with van der Waals surface area (Å²) >= 11 is 3.28. The number of hydrogen-bond acceptors (Lipinski definition) is 2. The van der Waals surface area contributed by atoms with Crippen molar-refractivity contribution < 1.29 is 4.39 Å². The summed E-state index contributed by atoms with van der Waals surface area (Å²) in [5, 5.41) is 8.51. The maximum absolute atomic E-state index is 13.5. The molecule has 0 bridgehead atoms. The molecule has 0 unspecified atom stereocenters. The zero-order valence-corrected chi connectivity index (χ0v) is 9.75. The highest BCUT2D eigenvalue weighted by atomic mass is 79.9. The van der Waals surface area contributed by atoms with Gasteiger partial charge in [0.25, 0.3) is 0 Å². The second kappa shape index (κ2) is 4.45. The fourth-order valence-electron chi connectivity index (χ4n) is 1.37. The van der Waals surface area contributed by atoms with Gasteiger partial charge in [-0.15, -0.1) is 0 Å². The molecule has 2 aromatic rings. The predicted molar refractivity (Wildman–Crippen MR) is 61.0 cm³/mol. The number of nitrogens with one attached hydrogen (secondary N) is 1. The average Bonchev–Trinajstić information content (AvgIpc) is 2.71. The van der Waals surface area contributed by atoms with Gasteiger partial charge in [0.2, 0.25) is 0 Å². The van der Waals surface area contributed by atoms with Gasteiger partial charge in [-0.2, -0.15) is 5.26 Å². The molecule has 0 aliphatic rings. The minimum Gasteiger partial charge on any atom is -0.341 e. The van der Waals surface area contributed by atoms with Crippen LogP contribution in [-0.4, -0.2) is 9.97 Å². The summed E-state index contributed by atoms with van der Waals surface area (Å²) in [5.41, 5.74) is 1.01. The van der Waals surface area contributed by atoms with Crippen LogP contribution in [0.15, 0.2) is 28.9 Å². The Balaban J connectivity index is 2.42. The fraction of sp³-hybridized carbons (Fsp3) is 0.0909. The molecule has 1 heterocycles. The molecule has 0 atom stereocenters. The first-order chi connectivity index (χ1) is 7.70. The second-order valence-electron chi connectivity index (χ2n) is 3.20. The van der Waals surface area contributed by atoms with Crippen LogP contribution in [0.2, 0.25) is 0 Å². The van der Waals surface area contributed by atoms with E-state index in [1.807, 2.05) is 6.07 Å². The van der Waals surface area contributed by atoms with Gasteiger partial charge in [0, 0.05) is 10.0 Å². The number of benzene rings is 1. The third kappa shape index (κ3) is 2.12. The molecule has 0 fully saturated rings. The first-order valence-corrected chi connectivity index (χ1v) is 5.36. The molecular formula is C11H7BrFN3. The molecule has 0 aliphatic carbocycles. The van der Waals surface area contributed by atoms with Crippen LogP contribution >= 0.6 is 15.9 Å². The summed E-state index contributed by atoms with van der Waals surface area (Å²) < 4.78 is 14.3. The second-order valence-corrected chi connectivity index (χ2v) is 4.12. The molecule has 5 heteroatoms. The number of imidazole rings is 1. The third-order valence-corrected chi connectivity index (χ3v) is 2.59. The molecule has 16 heavy (non-hydrogen) atoms. The highest BCUT2D eigenvalue weighted by Crippen LogP contribution is 2.24. The molecule has 1 N–H and O–H groups in total. The summed E-state index contributed by atoms with van der Waals surface area (Å²) in [5.74, 6) is 0.215. The smallest absolute Gasteiger partial charge is 0.132 e. The molecule has 0 saturated carbocycles. The van der Waals surface area contributed by atoms with Crippen LogP contribution in [0.1, 0.15) is 5.82 Å². The Labute approximate surface area is 100 Å². The molecule has 1 aromatic heterocycles. The van der Waals surface area contributed by atoms with Crippen LogP contribution < -0.4 is 0 Å². The van der Waals surface area contributed by atoms with E-state index in [0.29, 0.717) is 17.1 Å². The van der Waals surface area contributed by atoms with Crippen molar-refractivity contribution in [2.75, 3.05) is 0 Å². The van der Waals surface area contributed by atoms with Crippen molar-refractivity contribution in [2.24, 2.45) is 0 Å². The van der Waals surface area contributed by atoms with Crippen LogP contribution in [-0.2, 0) is 6.42 Å². The van der Waals surface area contributed by atoms with E-state index in [1.165, 1.54) is 12.3 Å². The minimum atomic E-state index is -0.324. The van der Waals surface area contributed by atoms with Gasteiger partial charge < -0.3 is 4.98 Å². The van der Waals surface area contributed by atoms with Crippen molar-refractivity contribution >= 4 is 15.9 Å².